The Labute approximate surface area is 118 Å². The molecule has 0 saturated carbocycles. The standard InChI is InChI=1S/C15H22BrNO/c1-4-14(7-8-16)17-15(18)10-13-9-11(2)5-6-12(13)3/h5-6,9,14H,4,7-8,10H2,1-3H3,(H,17,18). The van der Waals surface area contributed by atoms with Gasteiger partial charge in [-0.2, -0.15) is 0 Å². The minimum atomic E-state index is 0.122. The molecule has 0 spiro atoms. The Morgan fingerprint density at radius 2 is 2.11 bits per heavy atom. The molecule has 1 amide bonds. The third kappa shape index (κ3) is 4.81. The third-order valence-corrected chi connectivity index (χ3v) is 3.63. The predicted molar refractivity (Wildman–Crippen MR) is 80.3 cm³/mol. The van der Waals surface area contributed by atoms with E-state index in [-0.39, 0.29) is 11.9 Å². The van der Waals surface area contributed by atoms with Crippen LogP contribution in [0.5, 0.6) is 0 Å². The van der Waals surface area contributed by atoms with E-state index in [1.807, 2.05) is 0 Å². The van der Waals surface area contributed by atoms with Crippen LogP contribution in [0, 0.1) is 13.8 Å². The quantitative estimate of drug-likeness (QED) is 0.800. The van der Waals surface area contributed by atoms with Crippen molar-refractivity contribution >= 4 is 21.8 Å². The number of aryl methyl sites for hydroxylation is 2. The Bertz CT molecular complexity index is 403. The molecule has 0 aliphatic rings. The lowest BCUT2D eigenvalue weighted by molar-refractivity contribution is -0.121. The second-order valence-electron chi connectivity index (χ2n) is 4.76. The zero-order valence-electron chi connectivity index (χ0n) is 11.4. The van der Waals surface area contributed by atoms with Gasteiger partial charge in [0.05, 0.1) is 6.42 Å². The summed E-state index contributed by atoms with van der Waals surface area (Å²) in [4.78, 5) is 12.0. The lowest BCUT2D eigenvalue weighted by Crippen LogP contribution is -2.35. The van der Waals surface area contributed by atoms with Gasteiger partial charge in [-0.25, -0.2) is 0 Å². The Balaban J connectivity index is 2.61. The average Bonchev–Trinajstić information content (AvgIpc) is 2.33. The van der Waals surface area contributed by atoms with E-state index >= 15 is 0 Å². The van der Waals surface area contributed by atoms with Crippen molar-refractivity contribution in [3.05, 3.63) is 34.9 Å². The van der Waals surface area contributed by atoms with E-state index in [0.717, 1.165) is 23.7 Å². The van der Waals surface area contributed by atoms with Gasteiger partial charge in [0.1, 0.15) is 0 Å². The van der Waals surface area contributed by atoms with Gasteiger partial charge >= 0.3 is 0 Å². The van der Waals surface area contributed by atoms with Crippen LogP contribution in [0.25, 0.3) is 0 Å². The van der Waals surface area contributed by atoms with Gasteiger partial charge in [0, 0.05) is 11.4 Å². The summed E-state index contributed by atoms with van der Waals surface area (Å²) >= 11 is 3.42. The van der Waals surface area contributed by atoms with Crippen molar-refractivity contribution < 1.29 is 4.79 Å². The molecule has 3 heteroatoms. The molecule has 0 aromatic heterocycles. The van der Waals surface area contributed by atoms with Crippen LogP contribution >= 0.6 is 15.9 Å². The van der Waals surface area contributed by atoms with E-state index in [1.54, 1.807) is 0 Å². The lowest BCUT2D eigenvalue weighted by Gasteiger charge is -2.16. The monoisotopic (exact) mass is 311 g/mol. The zero-order chi connectivity index (χ0) is 13.5. The minimum Gasteiger partial charge on any atom is -0.353 e. The largest absolute Gasteiger partial charge is 0.353 e. The van der Waals surface area contributed by atoms with Crippen LogP contribution in [0.4, 0.5) is 0 Å². The molecular weight excluding hydrogens is 290 g/mol. The maximum atomic E-state index is 12.0. The highest BCUT2D eigenvalue weighted by Gasteiger charge is 2.11. The summed E-state index contributed by atoms with van der Waals surface area (Å²) in [5.41, 5.74) is 3.52. The molecule has 18 heavy (non-hydrogen) atoms. The molecule has 100 valence electrons. The molecule has 0 aliphatic heterocycles. The number of halogens is 1. The maximum absolute atomic E-state index is 12.0. The second-order valence-corrected chi connectivity index (χ2v) is 5.55. The number of hydrogen-bond donors (Lipinski definition) is 1. The van der Waals surface area contributed by atoms with Gasteiger partial charge in [-0.15, -0.1) is 0 Å². The number of carbonyl (C=O) groups is 1. The summed E-state index contributed by atoms with van der Waals surface area (Å²) in [5.74, 6) is 0.122. The van der Waals surface area contributed by atoms with Crippen LogP contribution in [-0.4, -0.2) is 17.3 Å². The van der Waals surface area contributed by atoms with Crippen molar-refractivity contribution in [2.75, 3.05) is 5.33 Å². The average molecular weight is 312 g/mol. The van der Waals surface area contributed by atoms with Gasteiger partial charge in [0.25, 0.3) is 0 Å². The molecule has 0 radical (unpaired) electrons. The summed E-state index contributed by atoms with van der Waals surface area (Å²) < 4.78 is 0. The fraction of sp³-hybridized carbons (Fsp3) is 0.533. The van der Waals surface area contributed by atoms with Crippen LogP contribution in [-0.2, 0) is 11.2 Å². The fourth-order valence-electron chi connectivity index (χ4n) is 1.95. The van der Waals surface area contributed by atoms with Crippen LogP contribution < -0.4 is 5.32 Å². The van der Waals surface area contributed by atoms with Crippen LogP contribution in [0.2, 0.25) is 0 Å². The van der Waals surface area contributed by atoms with Crippen molar-refractivity contribution in [2.24, 2.45) is 0 Å². The van der Waals surface area contributed by atoms with Crippen molar-refractivity contribution in [3.8, 4) is 0 Å². The normalized spacial score (nSPS) is 12.2. The van der Waals surface area contributed by atoms with E-state index in [0.29, 0.717) is 6.42 Å². The topological polar surface area (TPSA) is 29.1 Å². The lowest BCUT2D eigenvalue weighted by atomic mass is 10.0. The van der Waals surface area contributed by atoms with Gasteiger partial charge in [0.2, 0.25) is 5.91 Å². The minimum absolute atomic E-state index is 0.122. The molecule has 1 atom stereocenters. The first-order chi connectivity index (χ1) is 8.56. The summed E-state index contributed by atoms with van der Waals surface area (Å²) in [5, 5.41) is 4.02. The van der Waals surface area contributed by atoms with E-state index in [2.05, 4.69) is 60.2 Å². The van der Waals surface area contributed by atoms with E-state index in [4.69, 9.17) is 0 Å². The third-order valence-electron chi connectivity index (χ3n) is 3.17. The van der Waals surface area contributed by atoms with E-state index in [9.17, 15) is 4.79 Å². The SMILES string of the molecule is CCC(CCBr)NC(=O)Cc1cc(C)ccc1C. The summed E-state index contributed by atoms with van der Waals surface area (Å²) in [6, 6.07) is 6.53. The molecule has 0 saturated heterocycles. The van der Waals surface area contributed by atoms with Crippen LogP contribution in [0.15, 0.2) is 18.2 Å². The van der Waals surface area contributed by atoms with Gasteiger partial charge in [-0.3, -0.25) is 4.79 Å². The number of nitrogens with one attached hydrogen (secondary N) is 1. The molecule has 0 bridgehead atoms. The van der Waals surface area contributed by atoms with E-state index < -0.39 is 0 Å². The number of alkyl halides is 1. The van der Waals surface area contributed by atoms with Gasteiger partial charge in [0.15, 0.2) is 0 Å². The highest BCUT2D eigenvalue weighted by molar-refractivity contribution is 9.09. The number of hydrogen-bond acceptors (Lipinski definition) is 1. The van der Waals surface area contributed by atoms with E-state index in [1.165, 1.54) is 11.1 Å². The summed E-state index contributed by atoms with van der Waals surface area (Å²) in [7, 11) is 0. The Kier molecular flexibility index (Phi) is 6.41. The van der Waals surface area contributed by atoms with Crippen molar-refractivity contribution in [1.82, 2.24) is 5.32 Å². The van der Waals surface area contributed by atoms with Gasteiger partial charge in [-0.05, 0) is 37.8 Å². The maximum Gasteiger partial charge on any atom is 0.224 e. The molecule has 1 unspecified atom stereocenters. The number of benzene rings is 1. The summed E-state index contributed by atoms with van der Waals surface area (Å²) in [6.07, 6.45) is 2.44. The molecular formula is C15H22BrNO. The molecule has 1 aromatic carbocycles. The first kappa shape index (κ1) is 15.2. The summed E-state index contributed by atoms with van der Waals surface area (Å²) in [6.45, 7) is 6.21. The smallest absolute Gasteiger partial charge is 0.224 e. The van der Waals surface area contributed by atoms with Gasteiger partial charge < -0.3 is 5.32 Å². The molecule has 0 fully saturated rings. The second kappa shape index (κ2) is 7.57. The van der Waals surface area contributed by atoms with Crippen LogP contribution in [0.3, 0.4) is 0 Å². The number of rotatable bonds is 6. The number of carbonyl (C=O) groups excluding carboxylic acids is 1. The molecule has 1 rings (SSSR count). The number of amides is 1. The molecule has 0 aliphatic carbocycles. The zero-order valence-corrected chi connectivity index (χ0v) is 13.0. The molecule has 1 N–H and O–H groups in total. The highest BCUT2D eigenvalue weighted by Crippen LogP contribution is 2.11. The fourth-order valence-corrected chi connectivity index (χ4v) is 2.51. The van der Waals surface area contributed by atoms with Crippen molar-refractivity contribution in [2.45, 2.75) is 46.1 Å². The molecule has 1 aromatic rings. The highest BCUT2D eigenvalue weighted by atomic mass is 79.9. The Morgan fingerprint density at radius 1 is 1.39 bits per heavy atom. The first-order valence-electron chi connectivity index (χ1n) is 6.48. The predicted octanol–water partition coefficient (Wildman–Crippen LogP) is 3.53. The Morgan fingerprint density at radius 3 is 2.72 bits per heavy atom. The van der Waals surface area contributed by atoms with Crippen molar-refractivity contribution in [3.63, 3.8) is 0 Å². The van der Waals surface area contributed by atoms with Crippen molar-refractivity contribution in [1.29, 1.82) is 0 Å². The van der Waals surface area contributed by atoms with Gasteiger partial charge in [-0.1, -0.05) is 46.6 Å². The molecule has 2 nitrogen and oxygen atoms in total. The van der Waals surface area contributed by atoms with Crippen LogP contribution in [0.1, 0.15) is 36.5 Å². The Hall–Kier alpha value is -0.830. The first-order valence-corrected chi connectivity index (χ1v) is 7.60. The molecule has 0 heterocycles.